The molecule has 0 aliphatic heterocycles. The van der Waals surface area contributed by atoms with Gasteiger partial charge in [-0.3, -0.25) is 4.79 Å². The van der Waals surface area contributed by atoms with E-state index < -0.39 is 12.0 Å². The minimum absolute atomic E-state index is 0.560. The molecule has 1 atom stereocenters. The Balaban J connectivity index is 2.49. The summed E-state index contributed by atoms with van der Waals surface area (Å²) >= 11 is 1.52. The van der Waals surface area contributed by atoms with E-state index in [0.717, 1.165) is 18.5 Å². The molecule has 1 aromatic heterocycles. The topological polar surface area (TPSA) is 49.3 Å². The summed E-state index contributed by atoms with van der Waals surface area (Å²) in [5.74, 6) is -0.216. The molecule has 0 radical (unpaired) electrons. The Morgan fingerprint density at radius 3 is 2.80 bits per heavy atom. The molecule has 0 fully saturated rings. The molecule has 0 spiro atoms. The molecule has 15 heavy (non-hydrogen) atoms. The molecule has 0 aromatic carbocycles. The maximum absolute atomic E-state index is 11.0. The highest BCUT2D eigenvalue weighted by Crippen LogP contribution is 2.16. The molecule has 84 valence electrons. The summed E-state index contributed by atoms with van der Waals surface area (Å²) in [6.07, 6.45) is 0.994. The van der Waals surface area contributed by atoms with Crippen molar-refractivity contribution >= 4 is 17.3 Å². The Labute approximate surface area is 94.1 Å². The first-order valence-corrected chi connectivity index (χ1v) is 6.04. The number of carbonyl (C=O) groups is 1. The number of carboxylic acid groups (broad SMARTS) is 1. The molecule has 0 aliphatic rings. The Morgan fingerprint density at radius 2 is 2.33 bits per heavy atom. The third kappa shape index (κ3) is 4.01. The van der Waals surface area contributed by atoms with Crippen molar-refractivity contribution in [2.75, 3.05) is 6.54 Å². The highest BCUT2D eigenvalue weighted by Gasteiger charge is 2.18. The first kappa shape index (κ1) is 12.2. The normalized spacial score (nSPS) is 13.0. The van der Waals surface area contributed by atoms with E-state index in [0.29, 0.717) is 5.92 Å². The van der Waals surface area contributed by atoms with Crippen LogP contribution >= 0.6 is 11.3 Å². The van der Waals surface area contributed by atoms with Crippen LogP contribution in [0.25, 0.3) is 0 Å². The van der Waals surface area contributed by atoms with Crippen molar-refractivity contribution < 1.29 is 9.90 Å². The van der Waals surface area contributed by atoms with Crippen LogP contribution in [0.2, 0.25) is 0 Å². The minimum Gasteiger partial charge on any atom is -0.480 e. The van der Waals surface area contributed by atoms with Crippen LogP contribution in [0.3, 0.4) is 0 Å². The monoisotopic (exact) mass is 227 g/mol. The molecule has 3 nitrogen and oxygen atoms in total. The van der Waals surface area contributed by atoms with Gasteiger partial charge in [0.15, 0.2) is 0 Å². The van der Waals surface area contributed by atoms with Gasteiger partial charge >= 0.3 is 5.97 Å². The van der Waals surface area contributed by atoms with E-state index in [9.17, 15) is 4.79 Å². The number of nitrogens with one attached hydrogen (secondary N) is 1. The second-order valence-electron chi connectivity index (χ2n) is 3.96. The second-order valence-corrected chi connectivity index (χ2v) is 4.74. The van der Waals surface area contributed by atoms with Crippen LogP contribution in [0, 0.1) is 5.92 Å². The molecule has 0 bridgehead atoms. The van der Waals surface area contributed by atoms with Gasteiger partial charge in [0.25, 0.3) is 0 Å². The van der Waals surface area contributed by atoms with E-state index >= 15 is 0 Å². The Hall–Kier alpha value is -0.870. The van der Waals surface area contributed by atoms with Crippen molar-refractivity contribution in [3.63, 3.8) is 0 Å². The van der Waals surface area contributed by atoms with Crippen LogP contribution in [0.15, 0.2) is 16.8 Å². The third-order valence-electron chi connectivity index (χ3n) is 2.19. The fourth-order valence-corrected chi connectivity index (χ4v) is 1.99. The van der Waals surface area contributed by atoms with Crippen LogP contribution in [-0.4, -0.2) is 17.6 Å². The van der Waals surface area contributed by atoms with Crippen LogP contribution in [0.4, 0.5) is 0 Å². The highest BCUT2D eigenvalue weighted by molar-refractivity contribution is 7.08. The average molecular weight is 227 g/mol. The number of carboxylic acids is 1. The molecule has 0 saturated carbocycles. The minimum atomic E-state index is -0.808. The van der Waals surface area contributed by atoms with E-state index in [1.54, 1.807) is 0 Å². The summed E-state index contributed by atoms with van der Waals surface area (Å²) in [5, 5.41) is 15.9. The van der Waals surface area contributed by atoms with Crippen molar-refractivity contribution in [1.82, 2.24) is 5.32 Å². The summed E-state index contributed by atoms with van der Waals surface area (Å²) in [6.45, 7) is 4.99. The van der Waals surface area contributed by atoms with Gasteiger partial charge in [0.05, 0.1) is 0 Å². The predicted octanol–water partition coefficient (Wildman–Crippen LogP) is 2.51. The number of aliphatic carboxylic acids is 1. The van der Waals surface area contributed by atoms with Crippen molar-refractivity contribution in [3.8, 4) is 0 Å². The van der Waals surface area contributed by atoms with E-state index in [4.69, 9.17) is 5.11 Å². The van der Waals surface area contributed by atoms with E-state index in [2.05, 4.69) is 19.2 Å². The fraction of sp³-hybridized carbons (Fsp3) is 0.545. The van der Waals surface area contributed by atoms with Crippen molar-refractivity contribution in [2.45, 2.75) is 26.3 Å². The predicted molar refractivity (Wildman–Crippen MR) is 62.2 cm³/mol. The molecule has 2 N–H and O–H groups in total. The van der Waals surface area contributed by atoms with E-state index in [-0.39, 0.29) is 0 Å². The van der Waals surface area contributed by atoms with Gasteiger partial charge in [-0.25, -0.2) is 0 Å². The first-order valence-electron chi connectivity index (χ1n) is 5.09. The first-order chi connectivity index (χ1) is 7.11. The summed E-state index contributed by atoms with van der Waals surface area (Å²) in [7, 11) is 0. The largest absolute Gasteiger partial charge is 0.480 e. The lowest BCUT2D eigenvalue weighted by Gasteiger charge is -2.14. The maximum Gasteiger partial charge on any atom is 0.325 e. The smallest absolute Gasteiger partial charge is 0.325 e. The molecule has 0 saturated heterocycles. The van der Waals surface area contributed by atoms with Gasteiger partial charge < -0.3 is 10.4 Å². The van der Waals surface area contributed by atoms with Crippen molar-refractivity contribution in [3.05, 3.63) is 22.4 Å². The van der Waals surface area contributed by atoms with Crippen molar-refractivity contribution in [1.29, 1.82) is 0 Å². The lowest BCUT2D eigenvalue weighted by Crippen LogP contribution is -2.29. The number of thiophene rings is 1. The standard InChI is InChI=1S/C11H17NO2S/c1-8(2)3-5-12-10(11(13)14)9-4-6-15-7-9/h4,6-8,10,12H,3,5H2,1-2H3,(H,13,14). The average Bonchev–Trinajstić information content (AvgIpc) is 2.63. The molecular weight excluding hydrogens is 210 g/mol. The quantitative estimate of drug-likeness (QED) is 0.785. The highest BCUT2D eigenvalue weighted by atomic mass is 32.1. The van der Waals surface area contributed by atoms with Gasteiger partial charge in [-0.05, 0) is 41.3 Å². The van der Waals surface area contributed by atoms with Crippen molar-refractivity contribution in [2.24, 2.45) is 5.92 Å². The van der Waals surface area contributed by atoms with Crippen LogP contribution < -0.4 is 5.32 Å². The molecular formula is C11H17NO2S. The van der Waals surface area contributed by atoms with E-state index in [1.165, 1.54) is 11.3 Å². The summed E-state index contributed by atoms with van der Waals surface area (Å²) in [4.78, 5) is 11.0. The van der Waals surface area contributed by atoms with Gasteiger partial charge in [-0.2, -0.15) is 11.3 Å². The molecule has 1 heterocycles. The third-order valence-corrected chi connectivity index (χ3v) is 2.90. The summed E-state index contributed by atoms with van der Waals surface area (Å²) in [6, 6.07) is 1.29. The van der Waals surface area contributed by atoms with Crippen LogP contribution in [0.1, 0.15) is 31.9 Å². The van der Waals surface area contributed by atoms with E-state index in [1.807, 2.05) is 16.8 Å². The van der Waals surface area contributed by atoms with Gasteiger partial charge in [-0.15, -0.1) is 0 Å². The summed E-state index contributed by atoms with van der Waals surface area (Å²) < 4.78 is 0. The second kappa shape index (κ2) is 5.88. The van der Waals surface area contributed by atoms with Gasteiger partial charge in [-0.1, -0.05) is 13.8 Å². The Bertz CT molecular complexity index is 296. The molecule has 0 amide bonds. The zero-order valence-corrected chi connectivity index (χ0v) is 9.88. The van der Waals surface area contributed by atoms with Crippen LogP contribution in [-0.2, 0) is 4.79 Å². The lowest BCUT2D eigenvalue weighted by atomic mass is 10.1. The van der Waals surface area contributed by atoms with Crippen LogP contribution in [0.5, 0.6) is 0 Å². The lowest BCUT2D eigenvalue weighted by molar-refractivity contribution is -0.139. The number of hydrogen-bond donors (Lipinski definition) is 2. The summed E-state index contributed by atoms with van der Waals surface area (Å²) in [5.41, 5.74) is 0.844. The number of hydrogen-bond acceptors (Lipinski definition) is 3. The molecule has 1 rings (SSSR count). The van der Waals surface area contributed by atoms with Gasteiger partial charge in [0, 0.05) is 0 Å². The maximum atomic E-state index is 11.0. The molecule has 1 aromatic rings. The SMILES string of the molecule is CC(C)CCNC(C(=O)O)c1ccsc1. The zero-order valence-electron chi connectivity index (χ0n) is 9.06. The fourth-order valence-electron chi connectivity index (χ4n) is 1.30. The molecule has 4 heteroatoms. The zero-order chi connectivity index (χ0) is 11.3. The Kier molecular flexibility index (Phi) is 4.78. The Morgan fingerprint density at radius 1 is 1.60 bits per heavy atom. The van der Waals surface area contributed by atoms with Gasteiger partial charge in [0.2, 0.25) is 0 Å². The molecule has 0 aliphatic carbocycles. The molecule has 1 unspecified atom stereocenters. The number of rotatable bonds is 6. The van der Waals surface area contributed by atoms with Gasteiger partial charge in [0.1, 0.15) is 6.04 Å².